The number of Topliss-reactive ketones (excluding diaryl/α,β-unsaturated/α-hetero) is 2. The van der Waals surface area contributed by atoms with E-state index in [0.717, 1.165) is 33.5 Å². The monoisotopic (exact) mass is 725 g/mol. The van der Waals surface area contributed by atoms with Crippen molar-refractivity contribution in [2.24, 2.45) is 0 Å². The number of aromatic nitrogens is 3. The number of amides is 4. The maximum atomic E-state index is 12.0. The van der Waals surface area contributed by atoms with Crippen LogP contribution < -0.4 is 20.9 Å². The fourth-order valence-corrected chi connectivity index (χ4v) is 5.83. The van der Waals surface area contributed by atoms with Crippen LogP contribution in [-0.2, 0) is 35.3 Å². The molecule has 7 rings (SSSR count). The normalized spacial score (nSPS) is 15.9. The van der Waals surface area contributed by atoms with Gasteiger partial charge in [-0.15, -0.1) is 15.0 Å². The predicted molar refractivity (Wildman–Crippen MR) is 201 cm³/mol. The van der Waals surface area contributed by atoms with Gasteiger partial charge in [-0.3, -0.25) is 39.4 Å². The molecule has 2 aliphatic heterocycles. The second-order valence-electron chi connectivity index (χ2n) is 12.7. The molecule has 0 atom stereocenters. The maximum absolute atomic E-state index is 12.0. The molecule has 0 saturated carbocycles. The van der Waals surface area contributed by atoms with E-state index in [-0.39, 0.29) is 29.7 Å². The lowest BCUT2D eigenvalue weighted by Crippen LogP contribution is -2.40. The van der Waals surface area contributed by atoms with Crippen molar-refractivity contribution >= 4 is 69.8 Å². The second kappa shape index (κ2) is 15.6. The number of nitrogens with one attached hydrogen (secondary N) is 3. The molecule has 14 nitrogen and oxygen atoms in total. The first-order valence-electron chi connectivity index (χ1n) is 16.8. The van der Waals surface area contributed by atoms with E-state index in [4.69, 9.17) is 0 Å². The molecule has 0 bridgehead atoms. The Morgan fingerprint density at radius 3 is 1.74 bits per heavy atom. The Morgan fingerprint density at radius 1 is 0.759 bits per heavy atom. The van der Waals surface area contributed by atoms with Crippen LogP contribution in [0.1, 0.15) is 35.1 Å². The summed E-state index contributed by atoms with van der Waals surface area (Å²) >= 11 is 0. The molecule has 4 amide bonds. The highest BCUT2D eigenvalue weighted by molar-refractivity contribution is 6.33. The van der Waals surface area contributed by atoms with Gasteiger partial charge in [0.25, 0.3) is 11.8 Å². The molecule has 2 saturated heterocycles. The van der Waals surface area contributed by atoms with Crippen LogP contribution in [0.2, 0.25) is 0 Å². The minimum absolute atomic E-state index is 0.0202. The zero-order valence-corrected chi connectivity index (χ0v) is 29.5. The molecular formula is C40H35N7O7. The Kier molecular flexibility index (Phi) is 10.5. The number of hydrogen-bond acceptors (Lipinski definition) is 11. The van der Waals surface area contributed by atoms with Crippen LogP contribution in [0, 0.1) is 6.92 Å². The fraction of sp³-hybridized carbons (Fsp3) is 0.150. The maximum Gasteiger partial charge on any atom is 0.261 e. The van der Waals surface area contributed by atoms with Gasteiger partial charge in [0, 0.05) is 37.6 Å². The Hall–Kier alpha value is -7.22. The molecular weight excluding hydrogens is 690 g/mol. The first-order valence-corrected chi connectivity index (χ1v) is 16.8. The topological polar surface area (TPSA) is 193 Å². The SMILES string of the molecule is CNc1ccc(/C=C2\C(=O)CC(=O)NC2=O)cc1.Cc1cc(CN(C)c2ccc(/C=C3\C(=O)CC(=O)NC3=O)cc2)c(O)c(-n2nc3ccccc3n2)c1. The van der Waals surface area contributed by atoms with Crippen LogP contribution in [0.4, 0.5) is 11.4 Å². The zero-order chi connectivity index (χ0) is 38.5. The van der Waals surface area contributed by atoms with E-state index in [2.05, 4.69) is 26.1 Å². The van der Waals surface area contributed by atoms with E-state index in [0.29, 0.717) is 23.4 Å². The molecule has 0 radical (unpaired) electrons. The summed E-state index contributed by atoms with van der Waals surface area (Å²) in [5.74, 6) is -3.27. The molecule has 2 fully saturated rings. The standard InChI is InChI=1S/C27H23N5O4.C13H12N2O3/c1-16-11-18(26(35)23(12-16)32-29-21-5-3-4-6-22(21)30-32)15-31(2)19-9-7-17(8-10-19)13-20-24(33)14-25(34)28-27(20)36;1-14-9-4-2-8(3-5-9)6-10-11(16)7-12(17)15-13(10)18/h3-13,35H,14-15H2,1-2H3,(H,28,34,36);2-6,14H,7H2,1H3,(H,15,17,18)/b20-13+;10-6+. The predicted octanol–water partition coefficient (Wildman–Crippen LogP) is 3.80. The molecule has 1 aromatic heterocycles. The summed E-state index contributed by atoms with van der Waals surface area (Å²) in [6.45, 7) is 2.37. The largest absolute Gasteiger partial charge is 0.505 e. The zero-order valence-electron chi connectivity index (χ0n) is 29.5. The Bertz CT molecular complexity index is 2320. The summed E-state index contributed by atoms with van der Waals surface area (Å²) < 4.78 is 0. The minimum atomic E-state index is -0.678. The van der Waals surface area contributed by atoms with Crippen molar-refractivity contribution in [2.45, 2.75) is 26.3 Å². The molecule has 2 aliphatic rings. The molecule has 4 aromatic carbocycles. The van der Waals surface area contributed by atoms with Gasteiger partial charge in [0.15, 0.2) is 11.6 Å². The molecule has 0 aliphatic carbocycles. The van der Waals surface area contributed by atoms with Crippen molar-refractivity contribution in [3.8, 4) is 11.4 Å². The highest BCUT2D eigenvalue weighted by Gasteiger charge is 2.29. The molecule has 5 aromatic rings. The number of benzene rings is 4. The van der Waals surface area contributed by atoms with Gasteiger partial charge in [-0.25, -0.2) is 0 Å². The average Bonchev–Trinajstić information content (AvgIpc) is 3.58. The number of piperidine rings is 2. The third-order valence-electron chi connectivity index (χ3n) is 8.62. The van der Waals surface area contributed by atoms with Crippen molar-refractivity contribution in [2.75, 3.05) is 24.3 Å². The van der Waals surface area contributed by atoms with Crippen LogP contribution in [-0.4, -0.2) is 69.4 Å². The minimum Gasteiger partial charge on any atom is -0.505 e. The van der Waals surface area contributed by atoms with E-state index in [1.165, 1.54) is 16.9 Å². The molecule has 3 heterocycles. The van der Waals surface area contributed by atoms with E-state index in [1.807, 2.05) is 79.5 Å². The van der Waals surface area contributed by atoms with Crippen LogP contribution in [0.25, 0.3) is 28.9 Å². The Balaban J connectivity index is 0.000000232. The van der Waals surface area contributed by atoms with Gasteiger partial charge in [0.1, 0.15) is 22.5 Å². The average molecular weight is 726 g/mol. The molecule has 272 valence electrons. The van der Waals surface area contributed by atoms with Crippen molar-refractivity contribution < 1.29 is 33.9 Å². The van der Waals surface area contributed by atoms with E-state index < -0.39 is 35.2 Å². The third kappa shape index (κ3) is 8.29. The molecule has 54 heavy (non-hydrogen) atoms. The number of carbonyl (C=O) groups is 6. The number of fused-ring (bicyclic) bond motifs is 1. The van der Waals surface area contributed by atoms with Gasteiger partial charge in [-0.05, 0) is 78.2 Å². The summed E-state index contributed by atoms with van der Waals surface area (Å²) in [4.78, 5) is 72.8. The van der Waals surface area contributed by atoms with Crippen LogP contribution in [0.5, 0.6) is 5.75 Å². The number of hydrogen-bond donors (Lipinski definition) is 4. The van der Waals surface area contributed by atoms with Crippen molar-refractivity contribution in [1.29, 1.82) is 0 Å². The van der Waals surface area contributed by atoms with Crippen molar-refractivity contribution in [3.63, 3.8) is 0 Å². The first-order chi connectivity index (χ1) is 25.9. The van der Waals surface area contributed by atoms with Crippen LogP contribution in [0.3, 0.4) is 0 Å². The van der Waals surface area contributed by atoms with Gasteiger partial charge >= 0.3 is 0 Å². The third-order valence-corrected chi connectivity index (χ3v) is 8.62. The van der Waals surface area contributed by atoms with Gasteiger partial charge in [-0.1, -0.05) is 42.5 Å². The molecule has 0 spiro atoms. The second-order valence-corrected chi connectivity index (χ2v) is 12.7. The highest BCUT2D eigenvalue weighted by atomic mass is 16.3. The summed E-state index contributed by atoms with van der Waals surface area (Å²) in [5, 5.41) is 27.3. The number of carbonyl (C=O) groups excluding carboxylic acids is 6. The lowest BCUT2D eigenvalue weighted by atomic mass is 10.0. The van der Waals surface area contributed by atoms with Crippen molar-refractivity contribution in [1.82, 2.24) is 25.6 Å². The first kappa shape index (κ1) is 36.6. The smallest absolute Gasteiger partial charge is 0.261 e. The number of aryl methyl sites for hydroxylation is 1. The number of phenolic OH excluding ortho intramolecular Hbond substituents is 1. The molecule has 4 N–H and O–H groups in total. The molecule has 0 unspecified atom stereocenters. The number of aromatic hydroxyl groups is 1. The number of rotatable bonds is 7. The Morgan fingerprint density at radius 2 is 1.26 bits per heavy atom. The summed E-state index contributed by atoms with van der Waals surface area (Å²) in [6, 6.07) is 25.8. The number of imide groups is 2. The number of ketones is 2. The van der Waals surface area contributed by atoms with Crippen molar-refractivity contribution in [3.05, 3.63) is 118 Å². The summed E-state index contributed by atoms with van der Waals surface area (Å²) in [5.41, 5.74) is 6.86. The number of nitrogens with zero attached hydrogens (tertiary/aromatic N) is 4. The number of phenols is 1. The summed E-state index contributed by atoms with van der Waals surface area (Å²) in [7, 11) is 3.70. The van der Waals surface area contributed by atoms with Crippen LogP contribution >= 0.6 is 0 Å². The lowest BCUT2D eigenvalue weighted by molar-refractivity contribution is -0.137. The molecule has 14 heteroatoms. The van der Waals surface area contributed by atoms with E-state index >= 15 is 0 Å². The fourth-order valence-electron chi connectivity index (χ4n) is 5.83. The summed E-state index contributed by atoms with van der Waals surface area (Å²) in [6.07, 6.45) is 2.37. The van der Waals surface area contributed by atoms with Crippen LogP contribution in [0.15, 0.2) is 96.1 Å². The van der Waals surface area contributed by atoms with E-state index in [1.54, 1.807) is 31.3 Å². The van der Waals surface area contributed by atoms with E-state index in [9.17, 15) is 33.9 Å². The van der Waals surface area contributed by atoms with Gasteiger partial charge in [-0.2, -0.15) is 0 Å². The van der Waals surface area contributed by atoms with Gasteiger partial charge in [0.05, 0.1) is 24.0 Å². The highest BCUT2D eigenvalue weighted by Crippen LogP contribution is 2.30. The quantitative estimate of drug-likeness (QED) is 0.0826. The van der Waals surface area contributed by atoms with Gasteiger partial charge in [0.2, 0.25) is 11.8 Å². The lowest BCUT2D eigenvalue weighted by Gasteiger charge is -2.21. The number of anilines is 2. The Labute approximate surface area is 309 Å². The van der Waals surface area contributed by atoms with Gasteiger partial charge < -0.3 is 15.3 Å².